The molecule has 1 aliphatic carbocycles. The Morgan fingerprint density at radius 2 is 1.83 bits per heavy atom. The number of carbonyl (C=O) groups excluding carboxylic acids is 2. The highest BCUT2D eigenvalue weighted by Crippen LogP contribution is 2.35. The van der Waals surface area contributed by atoms with Gasteiger partial charge in [-0.05, 0) is 79.5 Å². The topological polar surface area (TPSA) is 53.5 Å². The van der Waals surface area contributed by atoms with Crippen molar-refractivity contribution >= 4 is 23.2 Å². The zero-order valence-corrected chi connectivity index (χ0v) is 17.5. The molecule has 6 heteroatoms. The van der Waals surface area contributed by atoms with Gasteiger partial charge in [-0.25, -0.2) is 0 Å². The van der Waals surface area contributed by atoms with Crippen molar-refractivity contribution in [2.45, 2.75) is 51.0 Å². The predicted molar refractivity (Wildman–Crippen MR) is 113 cm³/mol. The van der Waals surface area contributed by atoms with Crippen LogP contribution in [0.2, 0.25) is 0 Å². The second-order valence-electron chi connectivity index (χ2n) is 8.52. The molecule has 2 fully saturated rings. The average Bonchev–Trinajstić information content (AvgIpc) is 3.22. The number of likely N-dealkylation sites (tertiary alicyclic amines) is 2. The number of amides is 2. The maximum absolute atomic E-state index is 13.5. The van der Waals surface area contributed by atoms with E-state index in [1.54, 1.807) is 35.9 Å². The Kier molecular flexibility index (Phi) is 5.12. The van der Waals surface area contributed by atoms with Crippen molar-refractivity contribution in [3.8, 4) is 0 Å². The third-order valence-electron chi connectivity index (χ3n) is 6.84. The van der Waals surface area contributed by atoms with Gasteiger partial charge in [-0.1, -0.05) is 0 Å². The van der Waals surface area contributed by atoms with Gasteiger partial charge >= 0.3 is 0 Å². The second-order valence-corrected chi connectivity index (χ2v) is 9.40. The molecule has 0 radical (unpaired) electrons. The van der Waals surface area contributed by atoms with Crippen molar-refractivity contribution in [1.82, 2.24) is 14.8 Å². The summed E-state index contributed by atoms with van der Waals surface area (Å²) in [6.45, 7) is 2.32. The fourth-order valence-corrected chi connectivity index (χ4v) is 6.46. The Morgan fingerprint density at radius 3 is 2.69 bits per heavy atom. The molecule has 0 bridgehead atoms. The molecule has 0 saturated carbocycles. The minimum atomic E-state index is 0.0848. The van der Waals surface area contributed by atoms with E-state index in [1.807, 2.05) is 4.90 Å². The van der Waals surface area contributed by atoms with E-state index in [4.69, 9.17) is 0 Å². The van der Waals surface area contributed by atoms with Crippen LogP contribution in [0.3, 0.4) is 0 Å². The van der Waals surface area contributed by atoms with Crippen LogP contribution < -0.4 is 0 Å². The lowest BCUT2D eigenvalue weighted by atomic mass is 9.83. The van der Waals surface area contributed by atoms with Crippen LogP contribution >= 0.6 is 11.3 Å². The molecule has 5 nitrogen and oxygen atoms in total. The Morgan fingerprint density at radius 1 is 1.00 bits per heavy atom. The highest BCUT2D eigenvalue weighted by atomic mass is 32.1. The number of fused-ring (bicyclic) bond motifs is 2. The van der Waals surface area contributed by atoms with Crippen LogP contribution in [0.5, 0.6) is 0 Å². The van der Waals surface area contributed by atoms with Crippen molar-refractivity contribution < 1.29 is 9.59 Å². The summed E-state index contributed by atoms with van der Waals surface area (Å²) in [5.74, 6) is 0.700. The van der Waals surface area contributed by atoms with Crippen molar-refractivity contribution in [3.63, 3.8) is 0 Å². The molecule has 2 amide bonds. The molecule has 0 N–H and O–H groups in total. The fourth-order valence-electron chi connectivity index (χ4n) is 5.35. The number of nitrogens with zero attached hydrogens (tertiary/aromatic N) is 3. The first-order chi connectivity index (χ1) is 14.2. The Bertz CT molecular complexity index is 910. The Hall–Kier alpha value is -2.21. The molecule has 4 heterocycles. The van der Waals surface area contributed by atoms with E-state index >= 15 is 0 Å². The summed E-state index contributed by atoms with van der Waals surface area (Å²) >= 11 is 1.65. The van der Waals surface area contributed by atoms with Crippen molar-refractivity contribution in [2.75, 3.05) is 19.6 Å². The molecule has 2 aliphatic heterocycles. The summed E-state index contributed by atoms with van der Waals surface area (Å²) in [6.07, 6.45) is 10.9. The van der Waals surface area contributed by atoms with Gasteiger partial charge in [0, 0.05) is 43.6 Å². The number of hydrogen-bond acceptors (Lipinski definition) is 4. The van der Waals surface area contributed by atoms with Crippen LogP contribution in [0.25, 0.3) is 0 Å². The number of piperidine rings is 2. The lowest BCUT2D eigenvalue weighted by molar-refractivity contribution is 0.0199. The molecule has 29 heavy (non-hydrogen) atoms. The van der Waals surface area contributed by atoms with Crippen LogP contribution in [0.15, 0.2) is 29.9 Å². The third kappa shape index (κ3) is 3.48. The Labute approximate surface area is 175 Å². The van der Waals surface area contributed by atoms with E-state index in [9.17, 15) is 9.59 Å². The van der Waals surface area contributed by atoms with Crippen LogP contribution in [0, 0.1) is 5.92 Å². The molecule has 0 unspecified atom stereocenters. The average molecular weight is 410 g/mol. The van der Waals surface area contributed by atoms with Gasteiger partial charge in [0.25, 0.3) is 11.8 Å². The number of aromatic nitrogens is 1. The number of carbonyl (C=O) groups is 2. The molecule has 2 atom stereocenters. The SMILES string of the molecule is O=C(c1ccncc1)N1CC[C@@H]2[C@H](CCCN2C(=O)c2scc3c2CCCC3)C1. The second kappa shape index (κ2) is 7.90. The van der Waals surface area contributed by atoms with Gasteiger partial charge in [-0.15, -0.1) is 11.3 Å². The van der Waals surface area contributed by atoms with Gasteiger partial charge in [-0.2, -0.15) is 0 Å². The molecule has 2 aromatic heterocycles. The summed E-state index contributed by atoms with van der Waals surface area (Å²) in [7, 11) is 0. The molecule has 5 rings (SSSR count). The van der Waals surface area contributed by atoms with Crippen LogP contribution in [0.4, 0.5) is 0 Å². The predicted octanol–water partition coefficient (Wildman–Crippen LogP) is 3.79. The van der Waals surface area contributed by atoms with Gasteiger partial charge < -0.3 is 9.80 Å². The number of thiophene rings is 1. The molecule has 0 aromatic carbocycles. The van der Waals surface area contributed by atoms with E-state index in [2.05, 4.69) is 15.3 Å². The van der Waals surface area contributed by atoms with Crippen LogP contribution in [-0.2, 0) is 12.8 Å². The summed E-state index contributed by atoms with van der Waals surface area (Å²) in [5.41, 5.74) is 3.42. The summed E-state index contributed by atoms with van der Waals surface area (Å²) in [6, 6.07) is 3.83. The van der Waals surface area contributed by atoms with Gasteiger partial charge in [0.15, 0.2) is 0 Å². The Balaban J connectivity index is 1.32. The van der Waals surface area contributed by atoms with Crippen molar-refractivity contribution in [1.29, 1.82) is 0 Å². The third-order valence-corrected chi connectivity index (χ3v) is 7.90. The molecule has 3 aliphatic rings. The van der Waals surface area contributed by atoms with Gasteiger partial charge in [0.1, 0.15) is 0 Å². The normalized spacial score (nSPS) is 24.0. The van der Waals surface area contributed by atoms with Crippen molar-refractivity contribution in [3.05, 3.63) is 51.5 Å². The lowest BCUT2D eigenvalue weighted by Crippen LogP contribution is -2.56. The van der Waals surface area contributed by atoms with Crippen LogP contribution in [0.1, 0.15) is 63.3 Å². The largest absolute Gasteiger partial charge is 0.338 e. The molecular formula is C23H27N3O2S. The van der Waals surface area contributed by atoms with Crippen LogP contribution in [-0.4, -0.2) is 52.3 Å². The molecule has 2 aromatic rings. The fraction of sp³-hybridized carbons (Fsp3) is 0.522. The number of hydrogen-bond donors (Lipinski definition) is 0. The molecule has 152 valence electrons. The standard InChI is InChI=1S/C23H27N3O2S/c27-22(16-7-10-24-11-8-16)25-13-9-20-17(14-25)5-3-12-26(20)23(28)21-19-6-2-1-4-18(19)15-29-21/h7-8,10-11,15,17,20H,1-6,9,12-14H2/t17-,20-/m1/s1. The van der Waals surface area contributed by atoms with E-state index in [1.165, 1.54) is 24.0 Å². The van der Waals surface area contributed by atoms with Crippen molar-refractivity contribution in [2.24, 2.45) is 5.92 Å². The van der Waals surface area contributed by atoms with E-state index in [-0.39, 0.29) is 17.9 Å². The first-order valence-corrected chi connectivity index (χ1v) is 11.7. The number of rotatable bonds is 2. The summed E-state index contributed by atoms with van der Waals surface area (Å²) in [5, 5.41) is 2.21. The quantitative estimate of drug-likeness (QED) is 0.758. The van der Waals surface area contributed by atoms with Gasteiger partial charge in [0.2, 0.25) is 0 Å². The van der Waals surface area contributed by atoms with Gasteiger partial charge in [-0.3, -0.25) is 14.6 Å². The lowest BCUT2D eigenvalue weighted by Gasteiger charge is -2.47. The first kappa shape index (κ1) is 18.8. The molecular weight excluding hydrogens is 382 g/mol. The number of aryl methyl sites for hydroxylation is 1. The summed E-state index contributed by atoms with van der Waals surface area (Å²) in [4.78, 5) is 35.4. The smallest absolute Gasteiger partial charge is 0.264 e. The highest BCUT2D eigenvalue weighted by Gasteiger charge is 2.40. The van der Waals surface area contributed by atoms with E-state index in [0.29, 0.717) is 18.0 Å². The zero-order chi connectivity index (χ0) is 19.8. The molecule has 0 spiro atoms. The van der Waals surface area contributed by atoms with Gasteiger partial charge in [0.05, 0.1) is 4.88 Å². The highest BCUT2D eigenvalue weighted by molar-refractivity contribution is 7.12. The van der Waals surface area contributed by atoms with E-state index < -0.39 is 0 Å². The monoisotopic (exact) mass is 409 g/mol. The first-order valence-electron chi connectivity index (χ1n) is 10.8. The molecule has 2 saturated heterocycles. The maximum Gasteiger partial charge on any atom is 0.264 e. The minimum Gasteiger partial charge on any atom is -0.338 e. The minimum absolute atomic E-state index is 0.0848. The maximum atomic E-state index is 13.5. The van der Waals surface area contributed by atoms with E-state index in [0.717, 1.165) is 50.1 Å². The zero-order valence-electron chi connectivity index (χ0n) is 16.7. The summed E-state index contributed by atoms with van der Waals surface area (Å²) < 4.78 is 0. The number of pyridine rings is 1.